The molecule has 0 aromatic rings. The van der Waals surface area contributed by atoms with Crippen molar-refractivity contribution in [1.29, 1.82) is 0 Å². The van der Waals surface area contributed by atoms with Crippen molar-refractivity contribution in [3.63, 3.8) is 0 Å². The zero-order chi connectivity index (χ0) is 8.27. The Kier molecular flexibility index (Phi) is 3.34. The predicted molar refractivity (Wildman–Crippen MR) is 48.5 cm³/mol. The molecule has 66 valence electrons. The molecule has 0 bridgehead atoms. The molecule has 11 heavy (non-hydrogen) atoms. The second kappa shape index (κ2) is 4.07. The molecular formula is C9H20N2. The van der Waals surface area contributed by atoms with Crippen molar-refractivity contribution in [2.24, 2.45) is 5.73 Å². The summed E-state index contributed by atoms with van der Waals surface area (Å²) in [6.45, 7) is 3.05. The van der Waals surface area contributed by atoms with E-state index in [0.717, 1.165) is 12.6 Å². The van der Waals surface area contributed by atoms with Gasteiger partial charge in [0.25, 0.3) is 0 Å². The second-order valence-corrected chi connectivity index (χ2v) is 3.57. The Morgan fingerprint density at radius 3 is 2.55 bits per heavy atom. The maximum Gasteiger partial charge on any atom is 0.0218 e. The molecule has 0 amide bonds. The average molecular weight is 156 g/mol. The molecule has 1 rings (SSSR count). The first kappa shape index (κ1) is 9.01. The maximum atomic E-state index is 5.68. The topological polar surface area (TPSA) is 29.3 Å². The van der Waals surface area contributed by atoms with E-state index in [4.69, 9.17) is 5.73 Å². The standard InChI is InChI=1S/C9H20N2/c1-3-4-9(7-10)11(2)8-5-6-8/h8-9H,3-7,10H2,1-2H3. The smallest absolute Gasteiger partial charge is 0.0218 e. The molecular weight excluding hydrogens is 136 g/mol. The fourth-order valence-corrected chi connectivity index (χ4v) is 1.60. The fourth-order valence-electron chi connectivity index (χ4n) is 1.60. The summed E-state index contributed by atoms with van der Waals surface area (Å²) in [6, 6.07) is 1.49. The highest BCUT2D eigenvalue weighted by Crippen LogP contribution is 2.27. The Balaban J connectivity index is 2.26. The molecule has 0 aromatic carbocycles. The summed E-state index contributed by atoms with van der Waals surface area (Å²) in [5, 5.41) is 0. The third-order valence-electron chi connectivity index (χ3n) is 2.59. The second-order valence-electron chi connectivity index (χ2n) is 3.57. The Hall–Kier alpha value is -0.0800. The van der Waals surface area contributed by atoms with Crippen LogP contribution in [-0.4, -0.2) is 30.6 Å². The van der Waals surface area contributed by atoms with Gasteiger partial charge in [-0.15, -0.1) is 0 Å². The van der Waals surface area contributed by atoms with Gasteiger partial charge in [0.1, 0.15) is 0 Å². The minimum Gasteiger partial charge on any atom is -0.329 e. The van der Waals surface area contributed by atoms with Crippen LogP contribution in [0.1, 0.15) is 32.6 Å². The molecule has 0 heterocycles. The van der Waals surface area contributed by atoms with E-state index in [2.05, 4.69) is 18.9 Å². The van der Waals surface area contributed by atoms with E-state index in [-0.39, 0.29) is 0 Å². The Morgan fingerprint density at radius 2 is 2.18 bits per heavy atom. The summed E-state index contributed by atoms with van der Waals surface area (Å²) in [6.07, 6.45) is 5.27. The van der Waals surface area contributed by atoms with Gasteiger partial charge in [-0.3, -0.25) is 4.90 Å². The van der Waals surface area contributed by atoms with Crippen LogP contribution in [0.2, 0.25) is 0 Å². The minimum absolute atomic E-state index is 0.632. The summed E-state index contributed by atoms with van der Waals surface area (Å²) in [5.41, 5.74) is 5.68. The highest BCUT2D eigenvalue weighted by Gasteiger charge is 2.29. The van der Waals surface area contributed by atoms with E-state index in [1.54, 1.807) is 0 Å². The van der Waals surface area contributed by atoms with Crippen LogP contribution < -0.4 is 5.73 Å². The molecule has 0 saturated heterocycles. The van der Waals surface area contributed by atoms with Gasteiger partial charge in [0, 0.05) is 18.6 Å². The zero-order valence-electron chi connectivity index (χ0n) is 7.71. The molecule has 1 aliphatic carbocycles. The van der Waals surface area contributed by atoms with Crippen LogP contribution in [0.3, 0.4) is 0 Å². The van der Waals surface area contributed by atoms with Crippen LogP contribution in [0.4, 0.5) is 0 Å². The van der Waals surface area contributed by atoms with E-state index in [0.29, 0.717) is 6.04 Å². The number of rotatable bonds is 5. The average Bonchev–Trinajstić information content (AvgIpc) is 2.81. The largest absolute Gasteiger partial charge is 0.329 e. The lowest BCUT2D eigenvalue weighted by Crippen LogP contribution is -2.39. The van der Waals surface area contributed by atoms with Crippen LogP contribution in [-0.2, 0) is 0 Å². The van der Waals surface area contributed by atoms with E-state index in [9.17, 15) is 0 Å². The van der Waals surface area contributed by atoms with Gasteiger partial charge in [0.15, 0.2) is 0 Å². The Morgan fingerprint density at radius 1 is 1.55 bits per heavy atom. The first-order valence-corrected chi connectivity index (χ1v) is 4.71. The molecule has 1 unspecified atom stereocenters. The molecule has 1 atom stereocenters. The number of hydrogen-bond donors (Lipinski definition) is 1. The Labute approximate surface area is 69.8 Å². The van der Waals surface area contributed by atoms with Crippen LogP contribution in [0.15, 0.2) is 0 Å². The minimum atomic E-state index is 0.632. The van der Waals surface area contributed by atoms with Gasteiger partial charge < -0.3 is 5.73 Å². The third-order valence-corrected chi connectivity index (χ3v) is 2.59. The molecule has 0 aliphatic heterocycles. The molecule has 2 nitrogen and oxygen atoms in total. The van der Waals surface area contributed by atoms with Crippen molar-refractivity contribution in [1.82, 2.24) is 4.90 Å². The summed E-state index contributed by atoms with van der Waals surface area (Å²) in [7, 11) is 2.21. The van der Waals surface area contributed by atoms with E-state index < -0.39 is 0 Å². The van der Waals surface area contributed by atoms with Crippen molar-refractivity contribution in [3.05, 3.63) is 0 Å². The molecule has 1 aliphatic rings. The quantitative estimate of drug-likeness (QED) is 0.648. The summed E-state index contributed by atoms with van der Waals surface area (Å²) >= 11 is 0. The molecule has 1 fully saturated rings. The lowest BCUT2D eigenvalue weighted by molar-refractivity contribution is 0.224. The van der Waals surface area contributed by atoms with Crippen molar-refractivity contribution in [2.75, 3.05) is 13.6 Å². The molecule has 0 aromatic heterocycles. The SMILES string of the molecule is CCCC(CN)N(C)C1CC1. The van der Waals surface area contributed by atoms with Crippen LogP contribution >= 0.6 is 0 Å². The van der Waals surface area contributed by atoms with Gasteiger partial charge in [-0.2, -0.15) is 0 Å². The van der Waals surface area contributed by atoms with Crippen molar-refractivity contribution >= 4 is 0 Å². The van der Waals surface area contributed by atoms with Crippen molar-refractivity contribution in [2.45, 2.75) is 44.7 Å². The third kappa shape index (κ3) is 2.46. The van der Waals surface area contributed by atoms with E-state index in [1.807, 2.05) is 0 Å². The Bertz CT molecular complexity index is 110. The van der Waals surface area contributed by atoms with Gasteiger partial charge in [0.2, 0.25) is 0 Å². The molecule has 1 saturated carbocycles. The van der Waals surface area contributed by atoms with E-state index in [1.165, 1.54) is 25.7 Å². The summed E-state index contributed by atoms with van der Waals surface area (Å²) in [5.74, 6) is 0. The normalized spacial score (nSPS) is 20.7. The van der Waals surface area contributed by atoms with Crippen LogP contribution in [0.5, 0.6) is 0 Å². The number of nitrogens with zero attached hydrogens (tertiary/aromatic N) is 1. The fraction of sp³-hybridized carbons (Fsp3) is 1.00. The van der Waals surface area contributed by atoms with Gasteiger partial charge >= 0.3 is 0 Å². The zero-order valence-corrected chi connectivity index (χ0v) is 7.71. The first-order valence-electron chi connectivity index (χ1n) is 4.71. The molecule has 0 spiro atoms. The number of hydrogen-bond acceptors (Lipinski definition) is 2. The first-order chi connectivity index (χ1) is 5.29. The van der Waals surface area contributed by atoms with Crippen molar-refractivity contribution in [3.8, 4) is 0 Å². The highest BCUT2D eigenvalue weighted by molar-refractivity contribution is 4.86. The van der Waals surface area contributed by atoms with Crippen molar-refractivity contribution < 1.29 is 0 Å². The van der Waals surface area contributed by atoms with Gasteiger partial charge in [-0.1, -0.05) is 13.3 Å². The van der Waals surface area contributed by atoms with Gasteiger partial charge in [-0.25, -0.2) is 0 Å². The number of likely N-dealkylation sites (N-methyl/N-ethyl adjacent to an activating group) is 1. The van der Waals surface area contributed by atoms with Crippen LogP contribution in [0, 0.1) is 0 Å². The maximum absolute atomic E-state index is 5.68. The lowest BCUT2D eigenvalue weighted by atomic mass is 10.1. The predicted octanol–water partition coefficient (Wildman–Crippen LogP) is 1.21. The number of nitrogens with two attached hydrogens (primary N) is 1. The monoisotopic (exact) mass is 156 g/mol. The van der Waals surface area contributed by atoms with Crippen LogP contribution in [0.25, 0.3) is 0 Å². The molecule has 0 radical (unpaired) electrons. The molecule has 2 N–H and O–H groups in total. The van der Waals surface area contributed by atoms with E-state index >= 15 is 0 Å². The van der Waals surface area contributed by atoms with Gasteiger partial charge in [0.05, 0.1) is 0 Å². The molecule has 2 heteroatoms. The summed E-state index contributed by atoms with van der Waals surface area (Å²) < 4.78 is 0. The lowest BCUT2D eigenvalue weighted by Gasteiger charge is -2.26. The highest BCUT2D eigenvalue weighted by atomic mass is 15.2. The van der Waals surface area contributed by atoms with Gasteiger partial charge in [-0.05, 0) is 26.3 Å². The summed E-state index contributed by atoms with van der Waals surface area (Å²) in [4.78, 5) is 2.46.